The van der Waals surface area contributed by atoms with Crippen molar-refractivity contribution >= 4 is 29.6 Å². The van der Waals surface area contributed by atoms with E-state index in [0.29, 0.717) is 25.0 Å². The van der Waals surface area contributed by atoms with Gasteiger partial charge in [-0.2, -0.15) is 5.10 Å². The molecule has 0 bridgehead atoms. The Bertz CT molecular complexity index is 1170. The number of nitrogens with zero attached hydrogens (tertiary/aromatic N) is 5. The minimum absolute atomic E-state index is 0.0189. The van der Waals surface area contributed by atoms with Crippen LogP contribution in [0, 0.1) is 5.41 Å². The van der Waals surface area contributed by atoms with Crippen molar-refractivity contribution in [3.8, 4) is 0 Å². The molecule has 2 amide bonds. The highest BCUT2D eigenvalue weighted by Gasteiger charge is 2.35. The minimum Gasteiger partial charge on any atom is -0.511 e. The summed E-state index contributed by atoms with van der Waals surface area (Å²) in [4.78, 5) is 49.3. The van der Waals surface area contributed by atoms with Gasteiger partial charge < -0.3 is 14.6 Å². The lowest BCUT2D eigenvalue weighted by atomic mass is 9.75. The third kappa shape index (κ3) is 9.91. The Labute approximate surface area is 237 Å². The summed E-state index contributed by atoms with van der Waals surface area (Å²) in [5.74, 6) is -0.261. The topological polar surface area (TPSA) is 136 Å². The summed E-state index contributed by atoms with van der Waals surface area (Å²) in [6, 6.07) is 1.12. The molecular weight excluding hydrogens is 514 g/mol. The summed E-state index contributed by atoms with van der Waals surface area (Å²) < 4.78 is 12.4. The molecule has 40 heavy (non-hydrogen) atoms. The zero-order chi connectivity index (χ0) is 30.5. The predicted octanol–water partition coefficient (Wildman–Crippen LogP) is 6.09. The molecule has 0 fully saturated rings. The average molecular weight is 560 g/mol. The van der Waals surface area contributed by atoms with Crippen molar-refractivity contribution in [3.05, 3.63) is 29.8 Å². The number of Topliss-reactive ketones (excluding diaryl/α,β-unsaturated/α-hetero) is 1. The third-order valence-electron chi connectivity index (χ3n) is 5.76. The Hall–Kier alpha value is -3.50. The number of hydrogen-bond donors (Lipinski definition) is 1. The van der Waals surface area contributed by atoms with Gasteiger partial charge in [0.15, 0.2) is 5.78 Å². The van der Waals surface area contributed by atoms with E-state index in [1.807, 2.05) is 20.8 Å². The lowest BCUT2D eigenvalue weighted by Crippen LogP contribution is -2.47. The number of aromatic nitrogens is 2. The first kappa shape index (κ1) is 32.7. The summed E-state index contributed by atoms with van der Waals surface area (Å²) in [6.07, 6.45) is 3.33. The number of ether oxygens (including phenoxy) is 2. The summed E-state index contributed by atoms with van der Waals surface area (Å²) in [5.41, 5.74) is -1.37. The zero-order valence-corrected chi connectivity index (χ0v) is 25.6. The van der Waals surface area contributed by atoms with Gasteiger partial charge in [0.05, 0.1) is 18.2 Å². The first-order valence-electron chi connectivity index (χ1n) is 13.6. The van der Waals surface area contributed by atoms with Crippen molar-refractivity contribution in [2.24, 2.45) is 15.4 Å². The smallest absolute Gasteiger partial charge is 0.437 e. The van der Waals surface area contributed by atoms with Crippen molar-refractivity contribution < 1.29 is 29.0 Å². The molecule has 0 radical (unpaired) electrons. The molecule has 1 aromatic heterocycles. The molecule has 1 atom stereocenters. The first-order valence-corrected chi connectivity index (χ1v) is 13.6. The van der Waals surface area contributed by atoms with E-state index in [-0.39, 0.29) is 35.0 Å². The highest BCUT2D eigenvalue weighted by atomic mass is 16.6. The Morgan fingerprint density at radius 1 is 1.15 bits per heavy atom. The van der Waals surface area contributed by atoms with Gasteiger partial charge in [-0.1, -0.05) is 27.2 Å². The van der Waals surface area contributed by atoms with Crippen molar-refractivity contribution in [1.29, 1.82) is 0 Å². The summed E-state index contributed by atoms with van der Waals surface area (Å²) >= 11 is 0. The molecule has 0 spiro atoms. The standard InChI is InChI=1S/C29H45N5O6/c1-11-13-20(31-19(2)23-21(35)16-29(9,10)17-22(23)36)18-33(26(38)40-28(6,7)8)24(34-15-12-14-30-34)32-25(37)39-27(3,4)5/h12,14-15,20,35H,11,13,16-18H2,1-10H3. The molecule has 1 heterocycles. The number of carbonyl (C=O) groups is 3. The van der Waals surface area contributed by atoms with Gasteiger partial charge in [0.2, 0.25) is 5.96 Å². The fraction of sp³-hybridized carbons (Fsp3) is 0.655. The van der Waals surface area contributed by atoms with Crippen LogP contribution in [0.15, 0.2) is 39.8 Å². The Balaban J connectivity index is 2.58. The molecular formula is C29H45N5O6. The van der Waals surface area contributed by atoms with Crippen molar-refractivity contribution in [1.82, 2.24) is 14.7 Å². The summed E-state index contributed by atoms with van der Waals surface area (Å²) in [7, 11) is 0. The second kappa shape index (κ2) is 12.8. The normalized spacial score (nSPS) is 17.5. The lowest BCUT2D eigenvalue weighted by Gasteiger charge is -2.31. The van der Waals surface area contributed by atoms with Crippen LogP contribution in [0.5, 0.6) is 0 Å². The van der Waals surface area contributed by atoms with Gasteiger partial charge >= 0.3 is 12.2 Å². The molecule has 11 nitrogen and oxygen atoms in total. The van der Waals surface area contributed by atoms with E-state index in [1.165, 1.54) is 15.8 Å². The van der Waals surface area contributed by atoms with Gasteiger partial charge in [-0.3, -0.25) is 9.79 Å². The summed E-state index contributed by atoms with van der Waals surface area (Å²) in [5, 5.41) is 14.9. The van der Waals surface area contributed by atoms with Crippen LogP contribution in [0.3, 0.4) is 0 Å². The van der Waals surface area contributed by atoms with Crippen molar-refractivity contribution in [2.45, 2.75) is 112 Å². The number of ketones is 1. The van der Waals surface area contributed by atoms with E-state index in [1.54, 1.807) is 60.7 Å². The molecule has 1 aliphatic carbocycles. The molecule has 0 saturated heterocycles. The molecule has 0 aliphatic heterocycles. The number of amides is 2. The molecule has 1 aliphatic rings. The zero-order valence-electron chi connectivity index (χ0n) is 25.6. The molecule has 0 saturated carbocycles. The molecule has 222 valence electrons. The van der Waals surface area contributed by atoms with Crippen LogP contribution in [-0.4, -0.2) is 73.2 Å². The van der Waals surface area contributed by atoms with E-state index in [4.69, 9.17) is 14.5 Å². The molecule has 1 aromatic rings. The van der Waals surface area contributed by atoms with Crippen molar-refractivity contribution in [2.75, 3.05) is 6.54 Å². The quantitative estimate of drug-likeness (QED) is 0.329. The summed E-state index contributed by atoms with van der Waals surface area (Å²) in [6.45, 7) is 17.8. The Kier molecular flexibility index (Phi) is 10.5. The number of allylic oxidation sites excluding steroid dienone is 2. The predicted molar refractivity (Wildman–Crippen MR) is 154 cm³/mol. The molecule has 0 aromatic carbocycles. The van der Waals surface area contributed by atoms with E-state index >= 15 is 0 Å². The van der Waals surface area contributed by atoms with Crippen LogP contribution in [0.1, 0.15) is 94.9 Å². The van der Waals surface area contributed by atoms with Gasteiger partial charge in [-0.25, -0.2) is 19.2 Å². The maximum absolute atomic E-state index is 13.5. The maximum Gasteiger partial charge on any atom is 0.437 e. The number of aliphatic hydroxyl groups is 1. The largest absolute Gasteiger partial charge is 0.511 e. The van der Waals surface area contributed by atoms with Gasteiger partial charge in [0.25, 0.3) is 0 Å². The van der Waals surface area contributed by atoms with E-state index in [9.17, 15) is 19.5 Å². The van der Waals surface area contributed by atoms with Crippen LogP contribution in [-0.2, 0) is 14.3 Å². The van der Waals surface area contributed by atoms with Gasteiger partial charge in [-0.15, -0.1) is 4.99 Å². The van der Waals surface area contributed by atoms with E-state index < -0.39 is 29.4 Å². The van der Waals surface area contributed by atoms with Crippen LogP contribution < -0.4 is 0 Å². The third-order valence-corrected chi connectivity index (χ3v) is 5.76. The number of carbonyl (C=O) groups excluding carboxylic acids is 3. The highest BCUT2D eigenvalue weighted by Crippen LogP contribution is 2.36. The van der Waals surface area contributed by atoms with E-state index in [0.717, 1.165) is 6.42 Å². The fourth-order valence-electron chi connectivity index (χ4n) is 4.32. The molecule has 1 N–H and O–H groups in total. The van der Waals surface area contributed by atoms with Gasteiger partial charge in [-0.05, 0) is 66.4 Å². The number of hydrogen-bond acceptors (Lipinski definition) is 8. The number of aliphatic imine (C=N–C) groups is 2. The SMILES string of the molecule is CCCC(CN(C(=O)OC(C)(C)C)C(=NC(=O)OC(C)(C)C)n1cccn1)N=C(C)C1=C(O)CC(C)(C)CC1=O. The molecule has 2 rings (SSSR count). The second-order valence-corrected chi connectivity index (χ2v) is 12.9. The van der Waals surface area contributed by atoms with Crippen molar-refractivity contribution in [3.63, 3.8) is 0 Å². The first-order chi connectivity index (χ1) is 18.3. The van der Waals surface area contributed by atoms with E-state index in [2.05, 4.69) is 10.1 Å². The van der Waals surface area contributed by atoms with Crippen LogP contribution >= 0.6 is 0 Å². The Morgan fingerprint density at radius 2 is 1.77 bits per heavy atom. The minimum atomic E-state index is -0.899. The highest BCUT2D eigenvalue weighted by molar-refractivity contribution is 6.22. The monoisotopic (exact) mass is 559 g/mol. The fourth-order valence-corrected chi connectivity index (χ4v) is 4.32. The molecule has 1 unspecified atom stereocenters. The number of aliphatic hydroxyl groups excluding tert-OH is 1. The van der Waals surface area contributed by atoms with Crippen LogP contribution in [0.4, 0.5) is 9.59 Å². The second-order valence-electron chi connectivity index (χ2n) is 12.9. The maximum atomic E-state index is 13.5. The lowest BCUT2D eigenvalue weighted by molar-refractivity contribution is -0.118. The average Bonchev–Trinajstić information content (AvgIpc) is 3.26. The number of rotatable bonds is 6. The van der Waals surface area contributed by atoms with Crippen LogP contribution in [0.2, 0.25) is 0 Å². The van der Waals surface area contributed by atoms with Gasteiger partial charge in [0.1, 0.15) is 17.0 Å². The van der Waals surface area contributed by atoms with Crippen LogP contribution in [0.25, 0.3) is 0 Å². The Morgan fingerprint density at radius 3 is 2.27 bits per heavy atom. The van der Waals surface area contributed by atoms with Gasteiger partial charge in [0, 0.05) is 30.9 Å². The molecule has 11 heteroatoms.